The first-order chi connectivity index (χ1) is 13.9. The van der Waals surface area contributed by atoms with Crippen LogP contribution in [0.2, 0.25) is 0 Å². The van der Waals surface area contributed by atoms with Gasteiger partial charge in [-0.25, -0.2) is 4.98 Å². The lowest BCUT2D eigenvalue weighted by molar-refractivity contribution is -0.307. The zero-order valence-electron chi connectivity index (χ0n) is 16.2. The number of hydrogen-bond acceptors (Lipinski definition) is 4. The van der Waals surface area contributed by atoms with Crippen LogP contribution in [0.1, 0.15) is 43.0 Å². The van der Waals surface area contributed by atoms with Crippen molar-refractivity contribution in [3.63, 3.8) is 0 Å². The van der Waals surface area contributed by atoms with Gasteiger partial charge in [-0.2, -0.15) is 13.2 Å². The van der Waals surface area contributed by atoms with Gasteiger partial charge >= 0.3 is 18.5 Å². The summed E-state index contributed by atoms with van der Waals surface area (Å²) in [5.41, 5.74) is -0.0555. The fourth-order valence-electron chi connectivity index (χ4n) is 3.32. The van der Waals surface area contributed by atoms with Crippen molar-refractivity contribution in [2.45, 2.75) is 44.8 Å². The summed E-state index contributed by atoms with van der Waals surface area (Å²) in [7, 11) is 1.10. The van der Waals surface area contributed by atoms with E-state index in [0.717, 1.165) is 23.8 Å². The maximum absolute atomic E-state index is 13.6. The van der Waals surface area contributed by atoms with Crippen LogP contribution in [0.4, 0.5) is 26.3 Å². The van der Waals surface area contributed by atoms with Crippen LogP contribution in [-0.2, 0) is 26.9 Å². The molecule has 0 saturated carbocycles. The first kappa shape index (κ1) is 23.6. The molecule has 0 amide bonds. The molecule has 1 aliphatic heterocycles. The number of allylic oxidation sites excluding steroid dienone is 4. The minimum Gasteiger partial charge on any atom is -0.469 e. The van der Waals surface area contributed by atoms with Gasteiger partial charge in [-0.3, -0.25) is 4.79 Å². The van der Waals surface area contributed by atoms with E-state index in [4.69, 9.17) is 0 Å². The number of carbonyl (C=O) groups is 1. The predicted molar refractivity (Wildman–Crippen MR) is 94.8 cm³/mol. The largest absolute Gasteiger partial charge is 0.572 e. The molecule has 2 heterocycles. The molecular formula is C19H20F6N2O3. The van der Waals surface area contributed by atoms with Crippen molar-refractivity contribution in [2.24, 2.45) is 5.92 Å². The molecule has 1 aliphatic rings. The van der Waals surface area contributed by atoms with E-state index in [-0.39, 0.29) is 24.2 Å². The summed E-state index contributed by atoms with van der Waals surface area (Å²) in [5.74, 6) is -3.13. The lowest BCUT2D eigenvalue weighted by Gasteiger charge is -2.27. The first-order valence-electron chi connectivity index (χ1n) is 8.86. The van der Waals surface area contributed by atoms with Gasteiger partial charge in [-0.15, -0.1) is 13.2 Å². The average molecular weight is 438 g/mol. The smallest absolute Gasteiger partial charge is 0.469 e. The van der Waals surface area contributed by atoms with Crippen molar-refractivity contribution in [3.8, 4) is 0 Å². The summed E-state index contributed by atoms with van der Waals surface area (Å²) in [4.78, 5) is 15.2. The molecule has 0 radical (unpaired) electrons. The highest BCUT2D eigenvalue weighted by Gasteiger charge is 2.42. The molecule has 0 aromatic carbocycles. The lowest BCUT2D eigenvalue weighted by atomic mass is 9.92. The number of halogens is 6. The van der Waals surface area contributed by atoms with Crippen LogP contribution in [0, 0.1) is 5.92 Å². The minimum absolute atomic E-state index is 0.0636. The number of hydrogen-bond donors (Lipinski definition) is 0. The van der Waals surface area contributed by atoms with Crippen molar-refractivity contribution in [3.05, 3.63) is 47.8 Å². The van der Waals surface area contributed by atoms with Crippen LogP contribution >= 0.6 is 0 Å². The Morgan fingerprint density at radius 2 is 2.00 bits per heavy atom. The monoisotopic (exact) mass is 438 g/mol. The second-order valence-corrected chi connectivity index (χ2v) is 6.65. The number of ether oxygens (including phenoxy) is 2. The molecule has 0 N–H and O–H groups in total. The highest BCUT2D eigenvalue weighted by Crippen LogP contribution is 2.40. The number of carbonyl (C=O) groups excluding carboxylic acids is 1. The third kappa shape index (κ3) is 5.67. The van der Waals surface area contributed by atoms with Crippen molar-refractivity contribution >= 4 is 12.0 Å². The lowest BCUT2D eigenvalue weighted by Crippen LogP contribution is -2.24. The molecule has 30 heavy (non-hydrogen) atoms. The molecule has 166 valence electrons. The number of aromatic nitrogens is 2. The van der Waals surface area contributed by atoms with E-state index in [1.807, 2.05) is 0 Å². The number of imidazole rings is 1. The molecule has 11 heteroatoms. The molecule has 0 spiro atoms. The van der Waals surface area contributed by atoms with Crippen molar-refractivity contribution < 1.29 is 40.6 Å². The predicted octanol–water partition coefficient (Wildman–Crippen LogP) is 5.21. The zero-order valence-corrected chi connectivity index (χ0v) is 16.2. The van der Waals surface area contributed by atoms with Crippen LogP contribution < -0.4 is 0 Å². The highest BCUT2D eigenvalue weighted by molar-refractivity contribution is 5.73. The van der Waals surface area contributed by atoms with Crippen LogP contribution in [0.15, 0.2) is 30.6 Å². The Morgan fingerprint density at radius 3 is 2.53 bits per heavy atom. The molecule has 2 atom stereocenters. The van der Waals surface area contributed by atoms with Gasteiger partial charge in [-0.1, -0.05) is 18.7 Å². The molecule has 0 fully saturated rings. The van der Waals surface area contributed by atoms with E-state index < -0.39 is 48.5 Å². The Morgan fingerprint density at radius 1 is 1.33 bits per heavy atom. The average Bonchev–Trinajstić information content (AvgIpc) is 2.89. The van der Waals surface area contributed by atoms with Crippen LogP contribution in [0.3, 0.4) is 0 Å². The molecule has 0 saturated heterocycles. The molecule has 1 aromatic heterocycles. The zero-order chi connectivity index (χ0) is 22.7. The summed E-state index contributed by atoms with van der Waals surface area (Å²) >= 11 is 0. The van der Waals surface area contributed by atoms with E-state index in [2.05, 4.69) is 21.0 Å². The van der Waals surface area contributed by atoms with Gasteiger partial charge in [0.2, 0.25) is 5.82 Å². The third-order valence-corrected chi connectivity index (χ3v) is 4.64. The molecule has 2 unspecified atom stereocenters. The summed E-state index contributed by atoms with van der Waals surface area (Å²) in [6.07, 6.45) is -5.27. The molecule has 2 rings (SSSR count). The Kier molecular flexibility index (Phi) is 7.04. The maximum Gasteiger partial charge on any atom is 0.572 e. The maximum atomic E-state index is 13.6. The summed E-state index contributed by atoms with van der Waals surface area (Å²) in [5, 5.41) is 0. The fourth-order valence-corrected chi connectivity index (χ4v) is 3.32. The van der Waals surface area contributed by atoms with Gasteiger partial charge in [0, 0.05) is 12.5 Å². The second-order valence-electron chi connectivity index (χ2n) is 6.65. The van der Waals surface area contributed by atoms with E-state index in [1.54, 1.807) is 6.08 Å². The van der Waals surface area contributed by atoms with Crippen molar-refractivity contribution in [1.82, 2.24) is 9.55 Å². The highest BCUT2D eigenvalue weighted by atomic mass is 19.4. The van der Waals surface area contributed by atoms with E-state index in [0.29, 0.717) is 0 Å². The second kappa shape index (κ2) is 8.97. The van der Waals surface area contributed by atoms with Crippen LogP contribution in [0.25, 0.3) is 6.08 Å². The first-order valence-corrected chi connectivity index (χ1v) is 8.86. The number of rotatable bonds is 6. The standard InChI is InChI=1S/C19H20F6N2O3/c1-4-6-13(30-19(23,24)25)9-12-7-5-8-15-14(10-16(28)29-3)26-17(18(20,21)22)27(15)11(12)2/h4-6,8,11-12H,1,7,9-10H2,2-3H3/b13-6+. The summed E-state index contributed by atoms with van der Waals surface area (Å²) < 4.78 is 88.3. The quantitative estimate of drug-likeness (QED) is 0.265. The molecule has 0 bridgehead atoms. The summed E-state index contributed by atoms with van der Waals surface area (Å²) in [6.45, 7) is 4.79. The van der Waals surface area contributed by atoms with Crippen LogP contribution in [0.5, 0.6) is 0 Å². The molecule has 1 aromatic rings. The molecular weight excluding hydrogens is 418 g/mol. The van der Waals surface area contributed by atoms with E-state index in [1.165, 1.54) is 13.0 Å². The van der Waals surface area contributed by atoms with Crippen molar-refractivity contribution in [2.75, 3.05) is 7.11 Å². The van der Waals surface area contributed by atoms with Crippen molar-refractivity contribution in [1.29, 1.82) is 0 Å². The molecule has 0 aliphatic carbocycles. The SMILES string of the molecule is C=C/C=C(\CC1CC=Cc2c(CC(=O)OC)nc(C(F)(F)F)n2C1C)OC(F)(F)F. The number of nitrogens with zero attached hydrogens (tertiary/aromatic N) is 2. The Hall–Kier alpha value is -2.72. The number of alkyl halides is 6. The van der Waals surface area contributed by atoms with Gasteiger partial charge in [0.15, 0.2) is 0 Å². The normalized spacial score (nSPS) is 19.8. The van der Waals surface area contributed by atoms with Gasteiger partial charge in [0.1, 0.15) is 5.76 Å². The Labute approximate surface area is 168 Å². The van der Waals surface area contributed by atoms with E-state index >= 15 is 0 Å². The fraction of sp³-hybridized carbons (Fsp3) is 0.474. The Balaban J connectivity index is 2.47. The van der Waals surface area contributed by atoms with Gasteiger partial charge in [-0.05, 0) is 31.4 Å². The van der Waals surface area contributed by atoms with Gasteiger partial charge in [0.05, 0.1) is 24.9 Å². The van der Waals surface area contributed by atoms with E-state index in [9.17, 15) is 31.1 Å². The van der Waals surface area contributed by atoms with Crippen LogP contribution in [-0.4, -0.2) is 29.0 Å². The third-order valence-electron chi connectivity index (χ3n) is 4.64. The molecule has 5 nitrogen and oxygen atoms in total. The minimum atomic E-state index is -4.94. The van der Waals surface area contributed by atoms with Gasteiger partial charge < -0.3 is 14.0 Å². The number of fused-ring (bicyclic) bond motifs is 1. The summed E-state index contributed by atoms with van der Waals surface area (Å²) in [6, 6.07) is -0.893. The number of esters is 1. The van der Waals surface area contributed by atoms with Gasteiger partial charge in [0.25, 0.3) is 0 Å². The number of methoxy groups -OCH3 is 1. The topological polar surface area (TPSA) is 53.3 Å². The Bertz CT molecular complexity index is 852.